The third kappa shape index (κ3) is 5.40. The lowest BCUT2D eigenvalue weighted by Gasteiger charge is -2.08. The van der Waals surface area contributed by atoms with Gasteiger partial charge in [-0.1, -0.05) is 37.5 Å². The number of benzene rings is 1. The highest BCUT2D eigenvalue weighted by atomic mass is 32.2. The van der Waals surface area contributed by atoms with E-state index in [9.17, 15) is 13.2 Å². The van der Waals surface area contributed by atoms with Gasteiger partial charge in [-0.15, -0.1) is 4.83 Å². The van der Waals surface area contributed by atoms with Crippen molar-refractivity contribution >= 4 is 15.9 Å². The monoisotopic (exact) mass is 284 g/mol. The molecule has 0 heterocycles. The summed E-state index contributed by atoms with van der Waals surface area (Å²) in [5, 5.41) is 0. The van der Waals surface area contributed by atoms with E-state index in [-0.39, 0.29) is 10.8 Å². The van der Waals surface area contributed by atoms with E-state index in [0.29, 0.717) is 6.42 Å². The van der Waals surface area contributed by atoms with Gasteiger partial charge in [0, 0.05) is 6.42 Å². The van der Waals surface area contributed by atoms with Gasteiger partial charge in [-0.05, 0) is 25.5 Å². The Kier molecular flexibility index (Phi) is 5.98. The number of hydrazine groups is 1. The number of aryl methyl sites for hydroxylation is 1. The van der Waals surface area contributed by atoms with Gasteiger partial charge in [0.1, 0.15) is 0 Å². The summed E-state index contributed by atoms with van der Waals surface area (Å²) < 4.78 is 23.7. The van der Waals surface area contributed by atoms with Gasteiger partial charge in [0.15, 0.2) is 0 Å². The molecule has 0 unspecified atom stereocenters. The largest absolute Gasteiger partial charge is 0.278 e. The lowest BCUT2D eigenvalue weighted by Crippen LogP contribution is -2.41. The summed E-state index contributed by atoms with van der Waals surface area (Å²) in [5.74, 6) is -0.316. The maximum Gasteiger partial charge on any atom is 0.257 e. The number of hydrogen-bond donors (Lipinski definition) is 2. The van der Waals surface area contributed by atoms with Crippen LogP contribution in [0.15, 0.2) is 29.2 Å². The zero-order valence-electron chi connectivity index (χ0n) is 11.3. The van der Waals surface area contributed by atoms with Crippen molar-refractivity contribution in [1.82, 2.24) is 10.3 Å². The van der Waals surface area contributed by atoms with Gasteiger partial charge in [-0.25, -0.2) is 8.42 Å². The number of rotatable bonds is 7. The second kappa shape index (κ2) is 7.25. The fourth-order valence-electron chi connectivity index (χ4n) is 1.50. The number of unbranched alkanes of at least 4 members (excludes halogenated alkanes) is 2. The maximum absolute atomic E-state index is 11.9. The van der Waals surface area contributed by atoms with Crippen LogP contribution in [0.25, 0.3) is 0 Å². The van der Waals surface area contributed by atoms with Crippen LogP contribution < -0.4 is 10.3 Å². The Morgan fingerprint density at radius 1 is 1.16 bits per heavy atom. The number of amides is 1. The van der Waals surface area contributed by atoms with Crippen molar-refractivity contribution in [2.24, 2.45) is 0 Å². The van der Waals surface area contributed by atoms with E-state index in [1.165, 1.54) is 12.1 Å². The zero-order chi connectivity index (χ0) is 14.3. The first-order valence-corrected chi connectivity index (χ1v) is 7.81. The molecule has 0 radical (unpaired) electrons. The summed E-state index contributed by atoms with van der Waals surface area (Å²) in [4.78, 5) is 13.6. The summed E-state index contributed by atoms with van der Waals surface area (Å²) in [7, 11) is -3.68. The molecule has 0 atom stereocenters. The molecule has 5 nitrogen and oxygen atoms in total. The minimum Gasteiger partial charge on any atom is -0.278 e. The van der Waals surface area contributed by atoms with E-state index in [1.54, 1.807) is 12.1 Å². The van der Waals surface area contributed by atoms with Crippen molar-refractivity contribution in [2.45, 2.75) is 44.4 Å². The molecule has 0 saturated carbocycles. The van der Waals surface area contributed by atoms with Gasteiger partial charge in [-0.2, -0.15) is 0 Å². The molecule has 1 aromatic rings. The van der Waals surface area contributed by atoms with Gasteiger partial charge in [0.25, 0.3) is 10.0 Å². The highest BCUT2D eigenvalue weighted by Crippen LogP contribution is 2.09. The van der Waals surface area contributed by atoms with Crippen molar-refractivity contribution in [3.63, 3.8) is 0 Å². The zero-order valence-corrected chi connectivity index (χ0v) is 12.1. The molecule has 2 N–H and O–H groups in total. The smallest absolute Gasteiger partial charge is 0.257 e. The van der Waals surface area contributed by atoms with E-state index in [2.05, 4.69) is 10.3 Å². The van der Waals surface area contributed by atoms with Crippen molar-refractivity contribution in [3.8, 4) is 0 Å². The molecule has 0 bridgehead atoms. The third-order valence-corrected chi connectivity index (χ3v) is 3.93. The van der Waals surface area contributed by atoms with Crippen LogP contribution in [-0.4, -0.2) is 14.3 Å². The molecule has 1 aromatic carbocycles. The summed E-state index contributed by atoms with van der Waals surface area (Å²) in [5.41, 5.74) is 3.19. The molecule has 0 spiro atoms. The Morgan fingerprint density at radius 2 is 1.79 bits per heavy atom. The van der Waals surface area contributed by atoms with Crippen LogP contribution in [0.2, 0.25) is 0 Å². The Bertz CT molecular complexity index is 509. The average Bonchev–Trinajstić information content (AvgIpc) is 2.37. The highest BCUT2D eigenvalue weighted by molar-refractivity contribution is 7.89. The lowest BCUT2D eigenvalue weighted by molar-refractivity contribution is -0.121. The van der Waals surface area contributed by atoms with E-state index in [1.807, 2.05) is 13.8 Å². The fraction of sp³-hybridized carbons (Fsp3) is 0.462. The van der Waals surface area contributed by atoms with Crippen molar-refractivity contribution in [2.75, 3.05) is 0 Å². The van der Waals surface area contributed by atoms with Gasteiger partial charge in [0.05, 0.1) is 4.90 Å². The van der Waals surface area contributed by atoms with Crippen LogP contribution in [0.3, 0.4) is 0 Å². The standard InChI is InChI=1S/C13H20N2O3S/c1-3-4-5-6-13(16)14-15-19(17,18)12-9-7-11(2)8-10-12/h7-10,15H,3-6H2,1-2H3,(H,14,16). The molecule has 0 aliphatic carbocycles. The van der Waals surface area contributed by atoms with Crippen LogP contribution >= 0.6 is 0 Å². The second-order valence-corrected chi connectivity index (χ2v) is 6.11. The number of nitrogens with one attached hydrogen (secondary N) is 2. The highest BCUT2D eigenvalue weighted by Gasteiger charge is 2.14. The van der Waals surface area contributed by atoms with Gasteiger partial charge in [0.2, 0.25) is 5.91 Å². The van der Waals surface area contributed by atoms with Gasteiger partial charge in [-0.3, -0.25) is 10.2 Å². The number of sulfonamides is 1. The minimum absolute atomic E-state index is 0.131. The number of carbonyl (C=O) groups is 1. The molecule has 0 aliphatic rings. The minimum atomic E-state index is -3.68. The van der Waals surface area contributed by atoms with Crippen LogP contribution in [-0.2, 0) is 14.8 Å². The van der Waals surface area contributed by atoms with Gasteiger partial charge >= 0.3 is 0 Å². The molecule has 0 aliphatic heterocycles. The van der Waals surface area contributed by atoms with Crippen LogP contribution in [0.5, 0.6) is 0 Å². The Morgan fingerprint density at radius 3 is 2.37 bits per heavy atom. The molecule has 1 rings (SSSR count). The molecular weight excluding hydrogens is 264 g/mol. The lowest BCUT2D eigenvalue weighted by atomic mass is 10.2. The van der Waals surface area contributed by atoms with E-state index in [4.69, 9.17) is 0 Å². The SMILES string of the molecule is CCCCCC(=O)NNS(=O)(=O)c1ccc(C)cc1. The third-order valence-electron chi connectivity index (χ3n) is 2.66. The predicted octanol–water partition coefficient (Wildman–Crippen LogP) is 1.88. The predicted molar refractivity (Wildman–Crippen MR) is 73.8 cm³/mol. The molecule has 19 heavy (non-hydrogen) atoms. The molecule has 0 fully saturated rings. The second-order valence-electron chi connectivity index (χ2n) is 4.42. The van der Waals surface area contributed by atoms with Crippen molar-refractivity contribution in [1.29, 1.82) is 0 Å². The fourth-order valence-corrected chi connectivity index (χ4v) is 2.36. The maximum atomic E-state index is 11.9. The first-order chi connectivity index (χ1) is 8.95. The molecule has 1 amide bonds. The molecular formula is C13H20N2O3S. The number of carbonyl (C=O) groups excluding carboxylic acids is 1. The first-order valence-electron chi connectivity index (χ1n) is 6.33. The van der Waals surface area contributed by atoms with Crippen molar-refractivity contribution in [3.05, 3.63) is 29.8 Å². The summed E-state index contributed by atoms with van der Waals surface area (Å²) >= 11 is 0. The summed E-state index contributed by atoms with van der Waals surface area (Å²) in [6, 6.07) is 6.41. The normalized spacial score (nSPS) is 11.3. The Balaban J connectivity index is 2.51. The summed E-state index contributed by atoms with van der Waals surface area (Å²) in [6.45, 7) is 3.91. The first kappa shape index (κ1) is 15.7. The average molecular weight is 284 g/mol. The Labute approximate surface area is 114 Å². The molecule has 6 heteroatoms. The van der Waals surface area contributed by atoms with E-state index >= 15 is 0 Å². The Hall–Kier alpha value is -1.40. The van der Waals surface area contributed by atoms with Crippen LogP contribution in [0.1, 0.15) is 38.2 Å². The van der Waals surface area contributed by atoms with Crippen molar-refractivity contribution < 1.29 is 13.2 Å². The number of hydrogen-bond acceptors (Lipinski definition) is 3. The van der Waals surface area contributed by atoms with Gasteiger partial charge < -0.3 is 0 Å². The molecule has 106 valence electrons. The van der Waals surface area contributed by atoms with E-state index < -0.39 is 10.0 Å². The molecule has 0 saturated heterocycles. The quantitative estimate of drug-likeness (QED) is 0.593. The summed E-state index contributed by atoms with van der Waals surface area (Å²) in [6.07, 6.45) is 3.05. The molecule has 0 aromatic heterocycles. The van der Waals surface area contributed by atoms with Crippen LogP contribution in [0, 0.1) is 6.92 Å². The van der Waals surface area contributed by atoms with E-state index in [0.717, 1.165) is 24.8 Å². The topological polar surface area (TPSA) is 75.3 Å². The van der Waals surface area contributed by atoms with Crippen LogP contribution in [0.4, 0.5) is 0 Å².